The Morgan fingerprint density at radius 1 is 1.25 bits per heavy atom. The second-order valence-electron chi connectivity index (χ2n) is 6.18. The highest BCUT2D eigenvalue weighted by molar-refractivity contribution is 6.07. The van der Waals surface area contributed by atoms with Crippen molar-refractivity contribution in [1.29, 1.82) is 0 Å². The molecule has 9 nitrogen and oxygen atoms in total. The van der Waals surface area contributed by atoms with E-state index in [1.807, 2.05) is 13.8 Å². The maximum Gasteiger partial charge on any atom is 0.278 e. The van der Waals surface area contributed by atoms with Gasteiger partial charge in [-0.1, -0.05) is 0 Å². The van der Waals surface area contributed by atoms with E-state index in [0.717, 1.165) is 12.8 Å². The molecule has 2 aromatic rings. The zero-order valence-electron chi connectivity index (χ0n) is 14.0. The van der Waals surface area contributed by atoms with E-state index in [9.17, 15) is 9.59 Å². The summed E-state index contributed by atoms with van der Waals surface area (Å²) in [5.74, 6) is -0.427. The van der Waals surface area contributed by atoms with Crippen LogP contribution in [0.15, 0.2) is 6.20 Å². The molecule has 3 heterocycles. The van der Waals surface area contributed by atoms with Gasteiger partial charge in [-0.25, -0.2) is 0 Å². The van der Waals surface area contributed by atoms with Crippen LogP contribution in [-0.4, -0.2) is 55.0 Å². The molecule has 1 fully saturated rings. The first-order chi connectivity index (χ1) is 11.5. The summed E-state index contributed by atoms with van der Waals surface area (Å²) < 4.78 is 1.73. The lowest BCUT2D eigenvalue weighted by atomic mass is 10.2. The van der Waals surface area contributed by atoms with Gasteiger partial charge < -0.3 is 10.2 Å². The molecule has 0 aliphatic carbocycles. The number of nitrogens with one attached hydrogen (secondary N) is 2. The standard InChI is InChI=1S/C15H21N7O2/c1-9(2)22-8-11(10(3)19-22)14(23)16-13-12(17-20-18-13)15(24)21-6-4-5-7-21/h8-9H,4-7H2,1-3H3,(H2,16,17,18,20,23). The minimum absolute atomic E-state index is 0.138. The molecule has 3 rings (SSSR count). The number of carbonyl (C=O) groups is 2. The van der Waals surface area contributed by atoms with E-state index >= 15 is 0 Å². The predicted octanol–water partition coefficient (Wildman–Crippen LogP) is 1.38. The quantitative estimate of drug-likeness (QED) is 0.879. The van der Waals surface area contributed by atoms with Gasteiger partial charge in [-0.15, -0.1) is 10.2 Å². The first kappa shape index (κ1) is 16.2. The lowest BCUT2D eigenvalue weighted by molar-refractivity contribution is 0.0788. The van der Waals surface area contributed by atoms with Crippen molar-refractivity contribution in [2.45, 2.75) is 39.7 Å². The number of carbonyl (C=O) groups excluding carboxylic acids is 2. The number of likely N-dealkylation sites (tertiary alicyclic amines) is 1. The second kappa shape index (κ2) is 6.42. The molecule has 0 unspecified atom stereocenters. The van der Waals surface area contributed by atoms with Gasteiger partial charge in [0.15, 0.2) is 11.5 Å². The fourth-order valence-corrected chi connectivity index (χ4v) is 2.68. The SMILES string of the molecule is Cc1nn(C(C)C)cc1C(=O)Nc1n[nH]nc1C(=O)N1CCCC1. The van der Waals surface area contributed by atoms with Crippen molar-refractivity contribution >= 4 is 17.6 Å². The zero-order valence-corrected chi connectivity index (χ0v) is 14.0. The molecule has 0 radical (unpaired) electrons. The summed E-state index contributed by atoms with van der Waals surface area (Å²) in [4.78, 5) is 26.7. The van der Waals surface area contributed by atoms with Crippen molar-refractivity contribution in [3.63, 3.8) is 0 Å². The lowest BCUT2D eigenvalue weighted by Crippen LogP contribution is -2.29. The molecule has 9 heteroatoms. The second-order valence-corrected chi connectivity index (χ2v) is 6.18. The molecule has 24 heavy (non-hydrogen) atoms. The number of aromatic nitrogens is 5. The van der Waals surface area contributed by atoms with Crippen molar-refractivity contribution in [3.8, 4) is 0 Å². The third kappa shape index (κ3) is 3.01. The molecule has 1 saturated heterocycles. The number of hydrogen-bond donors (Lipinski definition) is 2. The number of H-pyrrole nitrogens is 1. The van der Waals surface area contributed by atoms with Gasteiger partial charge in [0.25, 0.3) is 11.8 Å². The summed E-state index contributed by atoms with van der Waals surface area (Å²) in [5.41, 5.74) is 1.21. The number of aryl methyl sites for hydroxylation is 1. The van der Waals surface area contributed by atoms with E-state index in [2.05, 4.69) is 25.8 Å². The van der Waals surface area contributed by atoms with Crippen LogP contribution in [0.2, 0.25) is 0 Å². The van der Waals surface area contributed by atoms with E-state index < -0.39 is 0 Å². The highest BCUT2D eigenvalue weighted by Gasteiger charge is 2.26. The summed E-state index contributed by atoms with van der Waals surface area (Å²) >= 11 is 0. The van der Waals surface area contributed by atoms with Crippen LogP contribution in [0.1, 0.15) is 59.3 Å². The first-order valence-corrected chi connectivity index (χ1v) is 8.04. The van der Waals surface area contributed by atoms with Crippen LogP contribution >= 0.6 is 0 Å². The molecule has 1 aliphatic rings. The number of aromatic amines is 1. The monoisotopic (exact) mass is 331 g/mol. The molecule has 2 aromatic heterocycles. The molecule has 2 N–H and O–H groups in total. The molecular weight excluding hydrogens is 310 g/mol. The molecule has 0 spiro atoms. The summed E-state index contributed by atoms with van der Waals surface area (Å²) in [5, 5.41) is 17.2. The van der Waals surface area contributed by atoms with Gasteiger partial charge in [0.2, 0.25) is 0 Å². The Hall–Kier alpha value is -2.71. The minimum Gasteiger partial charge on any atom is -0.337 e. The average molecular weight is 331 g/mol. The Kier molecular flexibility index (Phi) is 4.32. The fourth-order valence-electron chi connectivity index (χ4n) is 2.68. The van der Waals surface area contributed by atoms with Gasteiger partial charge in [-0.3, -0.25) is 14.3 Å². The minimum atomic E-state index is -0.358. The number of amides is 2. The molecule has 1 aliphatic heterocycles. The van der Waals surface area contributed by atoms with Crippen molar-refractivity contribution in [3.05, 3.63) is 23.1 Å². The highest BCUT2D eigenvalue weighted by Crippen LogP contribution is 2.18. The predicted molar refractivity (Wildman–Crippen MR) is 86.8 cm³/mol. The van der Waals surface area contributed by atoms with E-state index in [1.54, 1.807) is 22.7 Å². The third-order valence-corrected chi connectivity index (χ3v) is 4.07. The summed E-state index contributed by atoms with van der Waals surface area (Å²) in [6.45, 7) is 7.16. The molecule has 0 aromatic carbocycles. The number of hydrogen-bond acceptors (Lipinski definition) is 5. The summed E-state index contributed by atoms with van der Waals surface area (Å²) in [6.07, 6.45) is 3.66. The van der Waals surface area contributed by atoms with Crippen molar-refractivity contribution in [2.24, 2.45) is 0 Å². The van der Waals surface area contributed by atoms with Crippen molar-refractivity contribution in [2.75, 3.05) is 18.4 Å². The summed E-state index contributed by atoms with van der Waals surface area (Å²) in [6, 6.07) is 0.157. The van der Waals surface area contributed by atoms with Crippen molar-refractivity contribution < 1.29 is 9.59 Å². The van der Waals surface area contributed by atoms with Crippen LogP contribution in [0.4, 0.5) is 5.82 Å². The lowest BCUT2D eigenvalue weighted by Gasteiger charge is -2.13. The van der Waals surface area contributed by atoms with Gasteiger partial charge in [0.05, 0.1) is 11.3 Å². The van der Waals surface area contributed by atoms with Gasteiger partial charge in [0, 0.05) is 25.3 Å². The zero-order chi connectivity index (χ0) is 17.3. The van der Waals surface area contributed by atoms with E-state index in [0.29, 0.717) is 24.3 Å². The first-order valence-electron chi connectivity index (χ1n) is 8.04. The van der Waals surface area contributed by atoms with Crippen molar-refractivity contribution in [1.82, 2.24) is 30.1 Å². The number of rotatable bonds is 4. The molecule has 0 bridgehead atoms. The van der Waals surface area contributed by atoms with Gasteiger partial charge in [-0.2, -0.15) is 10.3 Å². The maximum absolute atomic E-state index is 12.5. The maximum atomic E-state index is 12.5. The largest absolute Gasteiger partial charge is 0.337 e. The Morgan fingerprint density at radius 3 is 2.58 bits per heavy atom. The Balaban J connectivity index is 1.78. The highest BCUT2D eigenvalue weighted by atomic mass is 16.2. The smallest absolute Gasteiger partial charge is 0.278 e. The van der Waals surface area contributed by atoms with E-state index in [-0.39, 0.29) is 29.4 Å². The normalized spacial score (nSPS) is 14.4. The van der Waals surface area contributed by atoms with Crippen LogP contribution in [-0.2, 0) is 0 Å². The number of nitrogens with zero attached hydrogens (tertiary/aromatic N) is 5. The average Bonchev–Trinajstić information content (AvgIpc) is 3.26. The molecule has 2 amide bonds. The Morgan fingerprint density at radius 2 is 1.96 bits per heavy atom. The van der Waals surface area contributed by atoms with Crippen LogP contribution in [0.3, 0.4) is 0 Å². The summed E-state index contributed by atoms with van der Waals surface area (Å²) in [7, 11) is 0. The Labute approximate surface area is 139 Å². The number of anilines is 1. The molecule has 0 saturated carbocycles. The molecular formula is C15H21N7O2. The van der Waals surface area contributed by atoms with Gasteiger partial charge in [0.1, 0.15) is 0 Å². The molecule has 128 valence electrons. The fraction of sp³-hybridized carbons (Fsp3) is 0.533. The third-order valence-electron chi connectivity index (χ3n) is 4.07. The molecule has 0 atom stereocenters. The van der Waals surface area contributed by atoms with E-state index in [4.69, 9.17) is 0 Å². The van der Waals surface area contributed by atoms with Gasteiger partial charge >= 0.3 is 0 Å². The van der Waals surface area contributed by atoms with Crippen LogP contribution < -0.4 is 5.32 Å². The van der Waals surface area contributed by atoms with Crippen LogP contribution in [0.5, 0.6) is 0 Å². The Bertz CT molecular complexity index is 756. The van der Waals surface area contributed by atoms with Gasteiger partial charge in [-0.05, 0) is 33.6 Å². The van der Waals surface area contributed by atoms with E-state index in [1.165, 1.54) is 0 Å². The van der Waals surface area contributed by atoms with Crippen LogP contribution in [0.25, 0.3) is 0 Å². The topological polar surface area (TPSA) is 109 Å². The van der Waals surface area contributed by atoms with Crippen LogP contribution in [0, 0.1) is 6.92 Å².